The van der Waals surface area contributed by atoms with Crippen molar-refractivity contribution < 1.29 is 9.53 Å². The Morgan fingerprint density at radius 1 is 0.931 bits per heavy atom. The average Bonchev–Trinajstić information content (AvgIpc) is 3.29. The van der Waals surface area contributed by atoms with E-state index in [0.29, 0.717) is 19.7 Å². The van der Waals surface area contributed by atoms with Crippen LogP contribution in [0.2, 0.25) is 0 Å². The summed E-state index contributed by atoms with van der Waals surface area (Å²) >= 11 is 0. The van der Waals surface area contributed by atoms with Crippen molar-refractivity contribution in [2.45, 2.75) is 26.4 Å². The van der Waals surface area contributed by atoms with Gasteiger partial charge in [0.25, 0.3) is 0 Å². The zero-order valence-electron chi connectivity index (χ0n) is 17.1. The topological polar surface area (TPSA) is 61.8 Å². The summed E-state index contributed by atoms with van der Waals surface area (Å²) < 4.78 is 5.60. The van der Waals surface area contributed by atoms with E-state index in [1.165, 1.54) is 12.8 Å². The third-order valence-corrected chi connectivity index (χ3v) is 5.53. The SMILES string of the molecule is Cc1nc(N2CCCC2)cc(N2CCN(C(=O)COCc3ccccc3)CC2)n1. The van der Waals surface area contributed by atoms with Gasteiger partial charge in [-0.15, -0.1) is 0 Å². The monoisotopic (exact) mass is 395 g/mol. The maximum atomic E-state index is 12.5. The predicted octanol–water partition coefficient (Wildman–Crippen LogP) is 2.25. The first-order valence-corrected chi connectivity index (χ1v) is 10.4. The Kier molecular flexibility index (Phi) is 6.24. The minimum absolute atomic E-state index is 0.0530. The molecule has 1 amide bonds. The lowest BCUT2D eigenvalue weighted by molar-refractivity contribution is -0.136. The predicted molar refractivity (Wildman–Crippen MR) is 113 cm³/mol. The van der Waals surface area contributed by atoms with Crippen LogP contribution in [0.25, 0.3) is 0 Å². The van der Waals surface area contributed by atoms with Gasteiger partial charge in [-0.3, -0.25) is 4.79 Å². The molecule has 7 nitrogen and oxygen atoms in total. The maximum absolute atomic E-state index is 12.5. The van der Waals surface area contributed by atoms with Crippen LogP contribution in [0.4, 0.5) is 11.6 Å². The Labute approximate surface area is 172 Å². The molecule has 1 aromatic carbocycles. The van der Waals surface area contributed by atoms with Crippen molar-refractivity contribution in [2.24, 2.45) is 0 Å². The standard InChI is InChI=1S/C22H29N5O2/c1-18-23-20(25-9-5-6-10-25)15-21(24-18)26-11-13-27(14-12-26)22(28)17-29-16-19-7-3-2-4-8-19/h2-4,7-8,15H,5-6,9-14,16-17H2,1H3. The summed E-state index contributed by atoms with van der Waals surface area (Å²) in [6.45, 7) is 7.62. The van der Waals surface area contributed by atoms with E-state index in [4.69, 9.17) is 4.74 Å². The molecule has 1 aromatic heterocycles. The van der Waals surface area contributed by atoms with Gasteiger partial charge in [0.15, 0.2) is 0 Å². The Morgan fingerprint density at radius 2 is 1.55 bits per heavy atom. The lowest BCUT2D eigenvalue weighted by Crippen LogP contribution is -2.50. The number of carbonyl (C=O) groups excluding carboxylic acids is 1. The number of nitrogens with zero attached hydrogens (tertiary/aromatic N) is 5. The fourth-order valence-corrected chi connectivity index (χ4v) is 3.91. The molecular weight excluding hydrogens is 366 g/mol. The Balaban J connectivity index is 1.28. The summed E-state index contributed by atoms with van der Waals surface area (Å²) in [5.41, 5.74) is 1.08. The summed E-state index contributed by atoms with van der Waals surface area (Å²) in [5.74, 6) is 2.85. The molecule has 0 atom stereocenters. The molecule has 2 fully saturated rings. The van der Waals surface area contributed by atoms with E-state index in [1.807, 2.05) is 42.2 Å². The number of carbonyl (C=O) groups is 1. The quantitative estimate of drug-likeness (QED) is 0.748. The highest BCUT2D eigenvalue weighted by atomic mass is 16.5. The second-order valence-corrected chi connectivity index (χ2v) is 7.67. The molecule has 2 aromatic rings. The smallest absolute Gasteiger partial charge is 0.248 e. The largest absolute Gasteiger partial charge is 0.367 e. The molecule has 0 aliphatic carbocycles. The van der Waals surface area contributed by atoms with Crippen LogP contribution in [0.1, 0.15) is 24.2 Å². The first kappa shape index (κ1) is 19.6. The van der Waals surface area contributed by atoms with Crippen LogP contribution in [0.3, 0.4) is 0 Å². The summed E-state index contributed by atoms with van der Waals surface area (Å²) in [6.07, 6.45) is 2.46. The minimum atomic E-state index is 0.0530. The van der Waals surface area contributed by atoms with Crippen molar-refractivity contribution in [3.05, 3.63) is 47.8 Å². The summed E-state index contributed by atoms with van der Waals surface area (Å²) in [6, 6.07) is 12.0. The summed E-state index contributed by atoms with van der Waals surface area (Å²) in [4.78, 5) is 28.2. The zero-order valence-corrected chi connectivity index (χ0v) is 17.1. The molecule has 3 heterocycles. The van der Waals surface area contributed by atoms with Gasteiger partial charge in [0.05, 0.1) is 6.61 Å². The number of piperazine rings is 1. The van der Waals surface area contributed by atoms with Gasteiger partial charge >= 0.3 is 0 Å². The molecule has 0 bridgehead atoms. The highest BCUT2D eigenvalue weighted by molar-refractivity contribution is 5.77. The number of amides is 1. The molecule has 0 unspecified atom stereocenters. The van der Waals surface area contributed by atoms with E-state index in [0.717, 1.165) is 49.2 Å². The van der Waals surface area contributed by atoms with E-state index in [2.05, 4.69) is 25.8 Å². The number of aryl methyl sites for hydroxylation is 1. The molecule has 0 saturated carbocycles. The number of benzene rings is 1. The van der Waals surface area contributed by atoms with E-state index >= 15 is 0 Å². The van der Waals surface area contributed by atoms with Crippen LogP contribution in [0.5, 0.6) is 0 Å². The Bertz CT molecular complexity index is 815. The zero-order chi connectivity index (χ0) is 20.1. The molecule has 0 radical (unpaired) electrons. The lowest BCUT2D eigenvalue weighted by Gasteiger charge is -2.35. The van der Waals surface area contributed by atoms with Crippen LogP contribution in [0.15, 0.2) is 36.4 Å². The van der Waals surface area contributed by atoms with Crippen LogP contribution in [-0.2, 0) is 16.1 Å². The van der Waals surface area contributed by atoms with Gasteiger partial charge in [-0.2, -0.15) is 0 Å². The Morgan fingerprint density at radius 3 is 2.21 bits per heavy atom. The van der Waals surface area contributed by atoms with Crippen LogP contribution < -0.4 is 9.80 Å². The van der Waals surface area contributed by atoms with Crippen molar-refractivity contribution in [1.82, 2.24) is 14.9 Å². The van der Waals surface area contributed by atoms with Crippen molar-refractivity contribution >= 4 is 17.5 Å². The van der Waals surface area contributed by atoms with Crippen molar-refractivity contribution in [3.63, 3.8) is 0 Å². The highest BCUT2D eigenvalue weighted by Gasteiger charge is 2.23. The number of hydrogen-bond acceptors (Lipinski definition) is 6. The van der Waals surface area contributed by atoms with Gasteiger partial charge in [0, 0.05) is 45.3 Å². The van der Waals surface area contributed by atoms with Crippen LogP contribution in [0, 0.1) is 6.92 Å². The van der Waals surface area contributed by atoms with E-state index in [-0.39, 0.29) is 12.5 Å². The second kappa shape index (κ2) is 9.22. The number of ether oxygens (including phenoxy) is 1. The molecule has 2 aliphatic heterocycles. The van der Waals surface area contributed by atoms with E-state index in [9.17, 15) is 4.79 Å². The number of anilines is 2. The summed E-state index contributed by atoms with van der Waals surface area (Å²) in [7, 11) is 0. The van der Waals surface area contributed by atoms with Gasteiger partial charge in [-0.1, -0.05) is 30.3 Å². The van der Waals surface area contributed by atoms with E-state index < -0.39 is 0 Å². The van der Waals surface area contributed by atoms with Gasteiger partial charge in [-0.25, -0.2) is 9.97 Å². The summed E-state index contributed by atoms with van der Waals surface area (Å²) in [5, 5.41) is 0. The lowest BCUT2D eigenvalue weighted by atomic mass is 10.2. The second-order valence-electron chi connectivity index (χ2n) is 7.67. The van der Waals surface area contributed by atoms with Gasteiger partial charge in [-0.05, 0) is 25.3 Å². The molecule has 4 rings (SSSR count). The third-order valence-electron chi connectivity index (χ3n) is 5.53. The molecular formula is C22H29N5O2. The maximum Gasteiger partial charge on any atom is 0.248 e. The number of aromatic nitrogens is 2. The first-order chi connectivity index (χ1) is 14.2. The van der Waals surface area contributed by atoms with Gasteiger partial charge in [0.1, 0.15) is 24.1 Å². The molecule has 154 valence electrons. The Hall–Kier alpha value is -2.67. The number of hydrogen-bond donors (Lipinski definition) is 0. The van der Waals surface area contributed by atoms with Gasteiger partial charge < -0.3 is 19.4 Å². The minimum Gasteiger partial charge on any atom is -0.367 e. The first-order valence-electron chi connectivity index (χ1n) is 10.4. The van der Waals surface area contributed by atoms with E-state index in [1.54, 1.807) is 0 Å². The molecule has 7 heteroatoms. The molecule has 29 heavy (non-hydrogen) atoms. The van der Waals surface area contributed by atoms with Crippen molar-refractivity contribution in [3.8, 4) is 0 Å². The van der Waals surface area contributed by atoms with Crippen LogP contribution in [-0.4, -0.2) is 66.7 Å². The normalized spacial score (nSPS) is 17.1. The fraction of sp³-hybridized carbons (Fsp3) is 0.500. The third kappa shape index (κ3) is 5.03. The molecule has 0 N–H and O–H groups in total. The van der Waals surface area contributed by atoms with Gasteiger partial charge in [0.2, 0.25) is 5.91 Å². The van der Waals surface area contributed by atoms with Crippen LogP contribution >= 0.6 is 0 Å². The number of rotatable bonds is 6. The average molecular weight is 396 g/mol. The molecule has 2 saturated heterocycles. The van der Waals surface area contributed by atoms with Crippen molar-refractivity contribution in [2.75, 3.05) is 55.7 Å². The molecule has 2 aliphatic rings. The van der Waals surface area contributed by atoms with Crippen molar-refractivity contribution in [1.29, 1.82) is 0 Å². The molecule has 0 spiro atoms. The highest BCUT2D eigenvalue weighted by Crippen LogP contribution is 2.23. The fourth-order valence-electron chi connectivity index (χ4n) is 3.91.